The second kappa shape index (κ2) is 4.33. The molecule has 12 heavy (non-hydrogen) atoms. The molecule has 1 rings (SSSR count). The predicted octanol–water partition coefficient (Wildman–Crippen LogP) is 2.14. The van der Waals surface area contributed by atoms with Crippen LogP contribution in [0.3, 0.4) is 0 Å². The summed E-state index contributed by atoms with van der Waals surface area (Å²) in [6.45, 7) is 3.87. The van der Waals surface area contributed by atoms with Gasteiger partial charge in [-0.1, -0.05) is 6.07 Å². The number of aromatic hydroxyl groups is 1. The Balaban J connectivity index is 0.00000121. The SMILES string of the molecule is Cc1cc(O)ccc1C(C)N.Cl. The van der Waals surface area contributed by atoms with E-state index in [1.807, 2.05) is 19.9 Å². The van der Waals surface area contributed by atoms with Gasteiger partial charge in [-0.05, 0) is 37.1 Å². The Labute approximate surface area is 78.8 Å². The average molecular weight is 188 g/mol. The lowest BCUT2D eigenvalue weighted by Crippen LogP contribution is -2.06. The van der Waals surface area contributed by atoms with Gasteiger partial charge >= 0.3 is 0 Å². The number of nitrogens with two attached hydrogens (primary N) is 1. The van der Waals surface area contributed by atoms with Gasteiger partial charge in [0.05, 0.1) is 0 Å². The smallest absolute Gasteiger partial charge is 0.115 e. The first-order valence-corrected chi connectivity index (χ1v) is 3.66. The molecule has 68 valence electrons. The first kappa shape index (κ1) is 11.3. The van der Waals surface area contributed by atoms with Crippen LogP contribution in [-0.4, -0.2) is 5.11 Å². The van der Waals surface area contributed by atoms with Gasteiger partial charge in [0.2, 0.25) is 0 Å². The zero-order valence-corrected chi connectivity index (χ0v) is 8.06. The van der Waals surface area contributed by atoms with Gasteiger partial charge in [-0.3, -0.25) is 0 Å². The van der Waals surface area contributed by atoms with Gasteiger partial charge in [-0.2, -0.15) is 0 Å². The Morgan fingerprint density at radius 3 is 2.42 bits per heavy atom. The van der Waals surface area contributed by atoms with E-state index in [1.54, 1.807) is 12.1 Å². The fourth-order valence-corrected chi connectivity index (χ4v) is 1.17. The molecule has 0 aliphatic heterocycles. The van der Waals surface area contributed by atoms with Crippen LogP contribution in [0.25, 0.3) is 0 Å². The molecule has 1 atom stereocenters. The molecule has 3 N–H and O–H groups in total. The fourth-order valence-electron chi connectivity index (χ4n) is 1.17. The van der Waals surface area contributed by atoms with Crippen molar-refractivity contribution in [2.75, 3.05) is 0 Å². The van der Waals surface area contributed by atoms with Crippen molar-refractivity contribution in [1.82, 2.24) is 0 Å². The summed E-state index contributed by atoms with van der Waals surface area (Å²) in [5, 5.41) is 9.08. The van der Waals surface area contributed by atoms with E-state index in [9.17, 15) is 0 Å². The van der Waals surface area contributed by atoms with E-state index in [-0.39, 0.29) is 18.4 Å². The van der Waals surface area contributed by atoms with E-state index >= 15 is 0 Å². The Morgan fingerprint density at radius 2 is 2.00 bits per heavy atom. The summed E-state index contributed by atoms with van der Waals surface area (Å²) in [4.78, 5) is 0. The van der Waals surface area contributed by atoms with Gasteiger partial charge in [0.15, 0.2) is 0 Å². The molecule has 0 spiro atoms. The van der Waals surface area contributed by atoms with Crippen LogP contribution in [0.5, 0.6) is 5.75 Å². The summed E-state index contributed by atoms with van der Waals surface area (Å²) in [6.07, 6.45) is 0. The lowest BCUT2D eigenvalue weighted by atomic mass is 10.0. The van der Waals surface area contributed by atoms with Crippen LogP contribution < -0.4 is 5.73 Å². The van der Waals surface area contributed by atoms with Crippen molar-refractivity contribution in [2.45, 2.75) is 19.9 Å². The Hall–Kier alpha value is -0.730. The summed E-state index contributed by atoms with van der Waals surface area (Å²) in [7, 11) is 0. The van der Waals surface area contributed by atoms with Gasteiger partial charge in [0.1, 0.15) is 5.75 Å². The van der Waals surface area contributed by atoms with E-state index < -0.39 is 0 Å². The van der Waals surface area contributed by atoms with Gasteiger partial charge in [0.25, 0.3) is 0 Å². The van der Waals surface area contributed by atoms with Crippen molar-refractivity contribution in [3.8, 4) is 5.75 Å². The quantitative estimate of drug-likeness (QED) is 0.708. The number of phenols is 1. The van der Waals surface area contributed by atoms with Gasteiger partial charge in [-0.25, -0.2) is 0 Å². The molecule has 1 unspecified atom stereocenters. The van der Waals surface area contributed by atoms with E-state index in [1.165, 1.54) is 0 Å². The topological polar surface area (TPSA) is 46.2 Å². The van der Waals surface area contributed by atoms with Crippen molar-refractivity contribution >= 4 is 12.4 Å². The Kier molecular flexibility index (Phi) is 4.07. The highest BCUT2D eigenvalue weighted by molar-refractivity contribution is 5.85. The van der Waals surface area contributed by atoms with Crippen LogP contribution in [-0.2, 0) is 0 Å². The molecule has 0 saturated heterocycles. The van der Waals surface area contributed by atoms with Crippen LogP contribution in [0.2, 0.25) is 0 Å². The molecule has 0 aliphatic carbocycles. The molecule has 0 aromatic heterocycles. The minimum absolute atomic E-state index is 0. The van der Waals surface area contributed by atoms with Gasteiger partial charge in [-0.15, -0.1) is 12.4 Å². The third-order valence-corrected chi connectivity index (χ3v) is 1.74. The number of rotatable bonds is 1. The zero-order valence-electron chi connectivity index (χ0n) is 7.24. The molecule has 3 heteroatoms. The second-order valence-corrected chi connectivity index (χ2v) is 2.83. The van der Waals surface area contributed by atoms with Gasteiger partial charge in [0, 0.05) is 6.04 Å². The molecule has 0 radical (unpaired) electrons. The number of halogens is 1. The summed E-state index contributed by atoms with van der Waals surface area (Å²) < 4.78 is 0. The summed E-state index contributed by atoms with van der Waals surface area (Å²) in [6, 6.07) is 5.27. The second-order valence-electron chi connectivity index (χ2n) is 2.83. The maximum atomic E-state index is 9.08. The van der Waals surface area contributed by atoms with Crippen LogP contribution in [0.4, 0.5) is 0 Å². The minimum atomic E-state index is 0. The van der Waals surface area contributed by atoms with E-state index in [2.05, 4.69) is 0 Å². The monoisotopic (exact) mass is 187 g/mol. The standard InChI is InChI=1S/C9H13NO.ClH/c1-6-5-8(11)3-4-9(6)7(2)10;/h3-5,7,11H,10H2,1-2H3;1H. The molecule has 0 amide bonds. The third kappa shape index (κ3) is 2.40. The van der Waals surface area contributed by atoms with E-state index in [0.29, 0.717) is 5.75 Å². The molecule has 1 aromatic rings. The minimum Gasteiger partial charge on any atom is -0.508 e. The lowest BCUT2D eigenvalue weighted by molar-refractivity contribution is 0.474. The summed E-state index contributed by atoms with van der Waals surface area (Å²) >= 11 is 0. The van der Waals surface area contributed by atoms with E-state index in [0.717, 1.165) is 11.1 Å². The summed E-state index contributed by atoms with van der Waals surface area (Å²) in [5.41, 5.74) is 7.81. The molecular formula is C9H14ClNO. The van der Waals surface area contributed by atoms with Crippen molar-refractivity contribution in [3.05, 3.63) is 29.3 Å². The number of hydrogen-bond donors (Lipinski definition) is 2. The van der Waals surface area contributed by atoms with Crippen LogP contribution in [0.1, 0.15) is 24.1 Å². The van der Waals surface area contributed by atoms with Crippen molar-refractivity contribution in [2.24, 2.45) is 5.73 Å². The Bertz CT molecular complexity index is 261. The maximum Gasteiger partial charge on any atom is 0.115 e. The largest absolute Gasteiger partial charge is 0.508 e. The summed E-state index contributed by atoms with van der Waals surface area (Å²) in [5.74, 6) is 0.298. The van der Waals surface area contributed by atoms with Crippen LogP contribution in [0, 0.1) is 6.92 Å². The molecular weight excluding hydrogens is 174 g/mol. The number of aryl methyl sites for hydroxylation is 1. The zero-order chi connectivity index (χ0) is 8.43. The van der Waals surface area contributed by atoms with Crippen molar-refractivity contribution in [1.29, 1.82) is 0 Å². The van der Waals surface area contributed by atoms with Gasteiger partial charge < -0.3 is 10.8 Å². The van der Waals surface area contributed by atoms with E-state index in [4.69, 9.17) is 10.8 Å². The maximum absolute atomic E-state index is 9.08. The number of phenolic OH excluding ortho intramolecular Hbond substituents is 1. The average Bonchev–Trinajstić information content (AvgIpc) is 1.85. The molecule has 0 fully saturated rings. The Morgan fingerprint density at radius 1 is 1.42 bits per heavy atom. The first-order chi connectivity index (χ1) is 5.11. The molecule has 0 saturated carbocycles. The molecule has 1 aromatic carbocycles. The number of benzene rings is 1. The van der Waals surface area contributed by atoms with Crippen LogP contribution in [0.15, 0.2) is 18.2 Å². The third-order valence-electron chi connectivity index (χ3n) is 1.74. The normalized spacial score (nSPS) is 11.9. The molecule has 0 aliphatic rings. The highest BCUT2D eigenvalue weighted by Gasteiger charge is 2.02. The predicted molar refractivity (Wildman–Crippen MR) is 52.7 cm³/mol. The van der Waals surface area contributed by atoms with Crippen molar-refractivity contribution in [3.63, 3.8) is 0 Å². The first-order valence-electron chi connectivity index (χ1n) is 3.66. The number of hydrogen-bond acceptors (Lipinski definition) is 2. The molecule has 0 heterocycles. The highest BCUT2D eigenvalue weighted by atomic mass is 35.5. The van der Waals surface area contributed by atoms with Crippen molar-refractivity contribution < 1.29 is 5.11 Å². The molecule has 0 bridgehead atoms. The highest BCUT2D eigenvalue weighted by Crippen LogP contribution is 2.19. The fraction of sp³-hybridized carbons (Fsp3) is 0.333. The lowest BCUT2D eigenvalue weighted by Gasteiger charge is -2.08. The van der Waals surface area contributed by atoms with Crippen LogP contribution >= 0.6 is 12.4 Å². The molecule has 2 nitrogen and oxygen atoms in total.